The highest BCUT2D eigenvalue weighted by Crippen LogP contribution is 2.38. The van der Waals surface area contributed by atoms with E-state index >= 15 is 0 Å². The van der Waals surface area contributed by atoms with Crippen LogP contribution in [-0.2, 0) is 6.54 Å². The Kier molecular flexibility index (Phi) is 4.63. The normalized spacial score (nSPS) is 20.7. The Morgan fingerprint density at radius 3 is 2.70 bits per heavy atom. The summed E-state index contributed by atoms with van der Waals surface area (Å²) >= 11 is 0. The number of amides is 1. The van der Waals surface area contributed by atoms with Crippen molar-refractivity contribution in [1.29, 1.82) is 0 Å². The molecular formula is C22H19F2N7O2. The molecule has 1 aromatic carbocycles. The number of aromatic nitrogens is 6. The van der Waals surface area contributed by atoms with Crippen LogP contribution in [0, 0.1) is 0 Å². The predicted molar refractivity (Wildman–Crippen MR) is 111 cm³/mol. The number of rotatable bonds is 4. The summed E-state index contributed by atoms with van der Waals surface area (Å²) in [5, 5.41) is 15.7. The fourth-order valence-electron chi connectivity index (χ4n) is 4.89. The van der Waals surface area contributed by atoms with E-state index in [1.165, 1.54) is 6.20 Å². The first kappa shape index (κ1) is 19.9. The van der Waals surface area contributed by atoms with Gasteiger partial charge in [0.05, 0.1) is 41.0 Å². The van der Waals surface area contributed by atoms with Gasteiger partial charge in [-0.05, 0) is 31.0 Å². The highest BCUT2D eigenvalue weighted by atomic mass is 19.3. The first-order valence-electron chi connectivity index (χ1n) is 10.8. The van der Waals surface area contributed by atoms with Gasteiger partial charge in [0.15, 0.2) is 0 Å². The second-order valence-corrected chi connectivity index (χ2v) is 8.34. The topological polar surface area (TPSA) is 103 Å². The lowest BCUT2D eigenvalue weighted by Crippen LogP contribution is -2.43. The summed E-state index contributed by atoms with van der Waals surface area (Å²) in [6.07, 6.45) is 2.44. The molecule has 1 aliphatic carbocycles. The number of pyridine rings is 1. The third kappa shape index (κ3) is 3.26. The maximum atomic E-state index is 13.4. The monoisotopic (exact) mass is 451 g/mol. The minimum absolute atomic E-state index is 0.00780. The van der Waals surface area contributed by atoms with Crippen LogP contribution < -0.4 is 0 Å². The molecular weight excluding hydrogens is 432 g/mol. The standard InChI is InChI=1S/C22H19F2N7O2/c23-19(24)21-28-27-20(33-21)12-9-13-15(25-10-12)11-30(22(13)32)17-7-3-4-8-18(17)31-16-6-2-1-5-14(16)26-29-31/h1-2,5-6,9-10,17-19H,3-4,7-8,11H2/t17-,18?/m1/s1. The molecule has 1 amide bonds. The lowest BCUT2D eigenvalue weighted by Gasteiger charge is -2.37. The number of benzene rings is 1. The molecule has 168 valence electrons. The maximum Gasteiger partial charge on any atom is 0.314 e. The molecule has 2 atom stereocenters. The van der Waals surface area contributed by atoms with Crippen molar-refractivity contribution >= 4 is 16.9 Å². The van der Waals surface area contributed by atoms with Crippen LogP contribution in [-0.4, -0.2) is 47.0 Å². The van der Waals surface area contributed by atoms with Crippen LogP contribution in [0.5, 0.6) is 0 Å². The average Bonchev–Trinajstić information content (AvgIpc) is 3.56. The molecule has 0 N–H and O–H groups in total. The maximum absolute atomic E-state index is 13.4. The molecule has 0 bridgehead atoms. The smallest absolute Gasteiger partial charge is 0.314 e. The van der Waals surface area contributed by atoms with E-state index in [1.807, 2.05) is 33.8 Å². The number of carbonyl (C=O) groups is 1. The number of carbonyl (C=O) groups excluding carboxylic acids is 1. The van der Waals surface area contributed by atoms with Crippen LogP contribution in [0.2, 0.25) is 0 Å². The van der Waals surface area contributed by atoms with Crippen molar-refractivity contribution in [2.24, 2.45) is 0 Å². The quantitative estimate of drug-likeness (QED) is 0.463. The van der Waals surface area contributed by atoms with Gasteiger partial charge in [0.2, 0.25) is 5.89 Å². The van der Waals surface area contributed by atoms with Crippen LogP contribution in [0.25, 0.3) is 22.5 Å². The molecule has 11 heteroatoms. The minimum atomic E-state index is -2.86. The van der Waals surface area contributed by atoms with Gasteiger partial charge in [0.25, 0.3) is 11.8 Å². The summed E-state index contributed by atoms with van der Waals surface area (Å²) in [6, 6.07) is 9.35. The Morgan fingerprint density at radius 1 is 1.06 bits per heavy atom. The Labute approximate surface area is 186 Å². The number of alkyl halides is 2. The molecule has 6 rings (SSSR count). The molecule has 4 aromatic rings. The van der Waals surface area contributed by atoms with E-state index in [-0.39, 0.29) is 23.9 Å². The lowest BCUT2D eigenvalue weighted by molar-refractivity contribution is 0.0560. The van der Waals surface area contributed by atoms with E-state index in [0.717, 1.165) is 36.7 Å². The molecule has 9 nitrogen and oxygen atoms in total. The zero-order chi connectivity index (χ0) is 22.5. The van der Waals surface area contributed by atoms with Gasteiger partial charge in [-0.25, -0.2) is 4.68 Å². The van der Waals surface area contributed by atoms with Crippen LogP contribution in [0.3, 0.4) is 0 Å². The summed E-state index contributed by atoms with van der Waals surface area (Å²) in [5.41, 5.74) is 3.19. The van der Waals surface area contributed by atoms with E-state index in [2.05, 4.69) is 25.5 Å². The number of nitrogens with zero attached hydrogens (tertiary/aromatic N) is 7. The Bertz CT molecular complexity index is 1350. The van der Waals surface area contributed by atoms with Crippen molar-refractivity contribution < 1.29 is 18.0 Å². The van der Waals surface area contributed by atoms with Crippen molar-refractivity contribution in [3.05, 3.63) is 53.7 Å². The molecule has 2 aliphatic rings. The predicted octanol–water partition coefficient (Wildman–Crippen LogP) is 3.95. The zero-order valence-electron chi connectivity index (χ0n) is 17.4. The van der Waals surface area contributed by atoms with Gasteiger partial charge in [-0.3, -0.25) is 9.78 Å². The van der Waals surface area contributed by atoms with Crippen molar-refractivity contribution in [1.82, 2.24) is 35.1 Å². The van der Waals surface area contributed by atoms with Gasteiger partial charge >= 0.3 is 6.43 Å². The van der Waals surface area contributed by atoms with E-state index in [4.69, 9.17) is 4.42 Å². The highest BCUT2D eigenvalue weighted by Gasteiger charge is 2.40. The third-order valence-corrected chi connectivity index (χ3v) is 6.44. The van der Waals surface area contributed by atoms with Gasteiger partial charge in [0.1, 0.15) is 5.52 Å². The largest absolute Gasteiger partial charge is 0.415 e. The molecule has 1 fully saturated rings. The molecule has 1 unspecified atom stereocenters. The van der Waals surface area contributed by atoms with Gasteiger partial charge < -0.3 is 9.32 Å². The first-order valence-corrected chi connectivity index (χ1v) is 10.8. The van der Waals surface area contributed by atoms with Crippen molar-refractivity contribution in [2.75, 3.05) is 0 Å². The zero-order valence-corrected chi connectivity index (χ0v) is 17.4. The van der Waals surface area contributed by atoms with Crippen LogP contribution in [0.4, 0.5) is 8.78 Å². The van der Waals surface area contributed by atoms with Crippen molar-refractivity contribution in [3.8, 4) is 11.5 Å². The van der Waals surface area contributed by atoms with Gasteiger partial charge in [0, 0.05) is 6.20 Å². The first-order chi connectivity index (χ1) is 16.1. The molecule has 33 heavy (non-hydrogen) atoms. The van der Waals surface area contributed by atoms with E-state index in [1.54, 1.807) is 6.07 Å². The molecule has 0 spiro atoms. The van der Waals surface area contributed by atoms with Gasteiger partial charge in [-0.1, -0.05) is 30.2 Å². The number of hydrogen-bond acceptors (Lipinski definition) is 7. The fourth-order valence-corrected chi connectivity index (χ4v) is 4.89. The molecule has 1 aliphatic heterocycles. The van der Waals surface area contributed by atoms with Crippen LogP contribution in [0.1, 0.15) is 60.1 Å². The Hall–Kier alpha value is -3.76. The SMILES string of the molecule is O=C1c2cc(-c3nnc(C(F)F)o3)cnc2CN1[C@@H]1CCCCC1n1nnc2ccccc21. The third-order valence-electron chi connectivity index (χ3n) is 6.44. The van der Waals surface area contributed by atoms with Crippen LogP contribution in [0.15, 0.2) is 40.9 Å². The van der Waals surface area contributed by atoms with Crippen molar-refractivity contribution in [3.63, 3.8) is 0 Å². The Balaban J connectivity index is 1.31. The van der Waals surface area contributed by atoms with Crippen LogP contribution >= 0.6 is 0 Å². The lowest BCUT2D eigenvalue weighted by atomic mass is 9.89. The van der Waals surface area contributed by atoms with E-state index in [0.29, 0.717) is 23.4 Å². The summed E-state index contributed by atoms with van der Waals surface area (Å²) in [7, 11) is 0. The molecule has 0 saturated heterocycles. The molecule has 1 saturated carbocycles. The summed E-state index contributed by atoms with van der Waals surface area (Å²) in [6.45, 7) is 0.383. The molecule has 4 heterocycles. The number of fused-ring (bicyclic) bond motifs is 2. The number of hydrogen-bond donors (Lipinski definition) is 0. The van der Waals surface area contributed by atoms with Gasteiger partial charge in [-0.2, -0.15) is 8.78 Å². The molecule has 0 radical (unpaired) electrons. The fraction of sp³-hybridized carbons (Fsp3) is 0.364. The second-order valence-electron chi connectivity index (χ2n) is 8.34. The second kappa shape index (κ2) is 7.68. The van der Waals surface area contributed by atoms with Gasteiger partial charge in [-0.15, -0.1) is 15.3 Å². The van der Waals surface area contributed by atoms with Crippen molar-refractivity contribution in [2.45, 2.75) is 50.7 Å². The van der Waals surface area contributed by atoms with E-state index < -0.39 is 12.3 Å². The Morgan fingerprint density at radius 2 is 1.88 bits per heavy atom. The average molecular weight is 451 g/mol. The number of halogens is 2. The summed E-state index contributed by atoms with van der Waals surface area (Å²) < 4.78 is 32.6. The summed E-state index contributed by atoms with van der Waals surface area (Å²) in [5.74, 6) is -0.991. The molecule has 3 aromatic heterocycles. The van der Waals surface area contributed by atoms with E-state index in [9.17, 15) is 13.6 Å². The number of para-hydroxylation sites is 1. The highest BCUT2D eigenvalue weighted by molar-refractivity contribution is 5.99. The minimum Gasteiger partial charge on any atom is -0.415 e. The summed E-state index contributed by atoms with van der Waals surface area (Å²) in [4.78, 5) is 19.7.